The molecule has 1 aromatic carbocycles. The molecule has 1 rings (SSSR count). The quantitative estimate of drug-likeness (QED) is 0.462. The second kappa shape index (κ2) is 5.78. The molecule has 0 saturated heterocycles. The lowest BCUT2D eigenvalue weighted by molar-refractivity contribution is -0.0328. The molecular weight excluding hydrogens is 273 g/mol. The van der Waals surface area contributed by atoms with Crippen molar-refractivity contribution in [3.63, 3.8) is 0 Å². The largest absolute Gasteiger partial charge is 0.446 e. The highest BCUT2D eigenvalue weighted by molar-refractivity contribution is 8.00. The minimum absolute atomic E-state index is 0.0381. The fraction of sp³-hybridized carbons (Fsp3) is 0.364. The minimum atomic E-state index is -4.40. The molecule has 0 aliphatic rings. The smallest absolute Gasteiger partial charge is 0.294 e. The molecule has 0 bridgehead atoms. The molecule has 0 amide bonds. The molecule has 94 valence electrons. The maximum absolute atomic E-state index is 12.3. The van der Waals surface area contributed by atoms with Crippen molar-refractivity contribution in [2.24, 2.45) is 0 Å². The number of rotatable bonds is 4. The summed E-state index contributed by atoms with van der Waals surface area (Å²) < 4.78 is 36.9. The molecule has 1 nitrogen and oxygen atoms in total. The lowest BCUT2D eigenvalue weighted by Crippen LogP contribution is -2.06. The van der Waals surface area contributed by atoms with Gasteiger partial charge in [-0.05, 0) is 30.8 Å². The molecule has 0 heterocycles. The molecule has 17 heavy (non-hydrogen) atoms. The molecule has 6 heteroatoms. The number of benzene rings is 1. The predicted octanol–water partition coefficient (Wildman–Crippen LogP) is 4.42. The maximum atomic E-state index is 12.3. The Morgan fingerprint density at radius 3 is 2.59 bits per heavy atom. The van der Waals surface area contributed by atoms with E-state index in [4.69, 9.17) is 11.6 Å². The van der Waals surface area contributed by atoms with Crippen LogP contribution < -0.4 is 0 Å². The first-order valence-corrected chi connectivity index (χ1v) is 6.14. The number of ketones is 1. The molecule has 0 aliphatic heterocycles. The highest BCUT2D eigenvalue weighted by Crippen LogP contribution is 2.39. The van der Waals surface area contributed by atoms with Crippen LogP contribution in [0, 0.1) is 6.92 Å². The third-order valence-corrected chi connectivity index (χ3v) is 2.98. The minimum Gasteiger partial charge on any atom is -0.294 e. The molecule has 0 aromatic heterocycles. The van der Waals surface area contributed by atoms with E-state index < -0.39 is 5.51 Å². The summed E-state index contributed by atoms with van der Waals surface area (Å²) in [5.41, 5.74) is -3.56. The number of hydrogen-bond donors (Lipinski definition) is 0. The number of Topliss-reactive ketones (excluding diaryl/α,β-unsaturated/α-hetero) is 1. The topological polar surface area (TPSA) is 17.1 Å². The van der Waals surface area contributed by atoms with Gasteiger partial charge in [0.2, 0.25) is 0 Å². The number of hydrogen-bond acceptors (Lipinski definition) is 2. The SMILES string of the molecule is Cc1ccc(SC(F)(F)F)c(C(=O)CCCl)c1. The van der Waals surface area contributed by atoms with Crippen LogP contribution in [0.5, 0.6) is 0 Å². The molecule has 0 atom stereocenters. The number of alkyl halides is 4. The van der Waals surface area contributed by atoms with Crippen LogP contribution in [0.3, 0.4) is 0 Å². The first kappa shape index (κ1) is 14.4. The molecule has 1 aromatic rings. The summed E-state index contributed by atoms with van der Waals surface area (Å²) in [5.74, 6) is -0.265. The van der Waals surface area contributed by atoms with Crippen molar-refractivity contribution < 1.29 is 18.0 Å². The molecule has 0 N–H and O–H groups in total. The fourth-order valence-electron chi connectivity index (χ4n) is 1.30. The summed E-state index contributed by atoms with van der Waals surface area (Å²) in [7, 11) is 0. The number of carbonyl (C=O) groups excluding carboxylic acids is 1. The Balaban J connectivity index is 3.08. The first-order valence-electron chi connectivity index (χ1n) is 4.79. The van der Waals surface area contributed by atoms with Gasteiger partial charge in [-0.3, -0.25) is 4.79 Å². The van der Waals surface area contributed by atoms with E-state index >= 15 is 0 Å². The molecule has 0 aliphatic carbocycles. The highest BCUT2D eigenvalue weighted by atomic mass is 35.5. The van der Waals surface area contributed by atoms with Gasteiger partial charge in [0, 0.05) is 22.8 Å². The number of thioether (sulfide) groups is 1. The van der Waals surface area contributed by atoms with Crippen molar-refractivity contribution >= 4 is 29.1 Å². The van der Waals surface area contributed by atoms with Crippen LogP contribution in [0.15, 0.2) is 23.1 Å². The number of aryl methyl sites for hydroxylation is 1. The average molecular weight is 283 g/mol. The summed E-state index contributed by atoms with van der Waals surface area (Å²) in [5, 5.41) is 0. The van der Waals surface area contributed by atoms with Crippen molar-refractivity contribution in [3.05, 3.63) is 29.3 Å². The Morgan fingerprint density at radius 2 is 2.06 bits per heavy atom. The van der Waals surface area contributed by atoms with Crippen molar-refractivity contribution in [2.75, 3.05) is 5.88 Å². The van der Waals surface area contributed by atoms with E-state index in [1.54, 1.807) is 13.0 Å². The van der Waals surface area contributed by atoms with Crippen LogP contribution >= 0.6 is 23.4 Å². The Hall–Kier alpha value is -0.680. The van der Waals surface area contributed by atoms with Crippen molar-refractivity contribution in [1.82, 2.24) is 0 Å². The maximum Gasteiger partial charge on any atom is 0.446 e. The van der Waals surface area contributed by atoms with Gasteiger partial charge in [-0.1, -0.05) is 11.6 Å². The Bertz CT molecular complexity index is 418. The van der Waals surface area contributed by atoms with E-state index in [1.807, 2.05) is 0 Å². The van der Waals surface area contributed by atoms with Gasteiger partial charge >= 0.3 is 5.51 Å². The summed E-state index contributed by atoms with van der Waals surface area (Å²) in [6.07, 6.45) is 0.0381. The van der Waals surface area contributed by atoms with Gasteiger partial charge in [-0.25, -0.2) is 0 Å². The van der Waals surface area contributed by atoms with Crippen LogP contribution in [0.25, 0.3) is 0 Å². The molecule has 0 saturated carbocycles. The average Bonchev–Trinajstić information content (AvgIpc) is 2.19. The number of halogens is 4. The third-order valence-electron chi connectivity index (χ3n) is 1.98. The van der Waals surface area contributed by atoms with Crippen LogP contribution in [0.4, 0.5) is 13.2 Å². The molecule has 0 unspecified atom stereocenters. The van der Waals surface area contributed by atoms with Crippen LogP contribution in [0.1, 0.15) is 22.3 Å². The van der Waals surface area contributed by atoms with Crippen molar-refractivity contribution in [1.29, 1.82) is 0 Å². The standard InChI is InChI=1S/C11H10ClF3OS/c1-7-2-3-10(17-11(13,14)15)8(6-7)9(16)4-5-12/h2-3,6H,4-5H2,1H3. The van der Waals surface area contributed by atoms with Crippen LogP contribution in [-0.2, 0) is 0 Å². The normalized spacial score (nSPS) is 11.6. The first-order chi connectivity index (χ1) is 7.83. The van der Waals surface area contributed by atoms with E-state index in [-0.39, 0.29) is 40.3 Å². The molecule has 0 fully saturated rings. The Labute approximate surface area is 106 Å². The fourth-order valence-corrected chi connectivity index (χ4v) is 2.14. The van der Waals surface area contributed by atoms with Gasteiger partial charge in [0.1, 0.15) is 0 Å². The molecular formula is C11H10ClF3OS. The second-order valence-electron chi connectivity index (χ2n) is 3.41. The van der Waals surface area contributed by atoms with Gasteiger partial charge in [-0.15, -0.1) is 11.6 Å². The van der Waals surface area contributed by atoms with Gasteiger partial charge in [-0.2, -0.15) is 13.2 Å². The van der Waals surface area contributed by atoms with Crippen LogP contribution in [-0.4, -0.2) is 17.2 Å². The van der Waals surface area contributed by atoms with E-state index in [2.05, 4.69) is 0 Å². The summed E-state index contributed by atoms with van der Waals surface area (Å²) in [6, 6.07) is 4.32. The predicted molar refractivity (Wildman–Crippen MR) is 62.8 cm³/mol. The third kappa shape index (κ3) is 4.60. The van der Waals surface area contributed by atoms with E-state index in [0.29, 0.717) is 0 Å². The summed E-state index contributed by atoms with van der Waals surface area (Å²) >= 11 is 5.15. The van der Waals surface area contributed by atoms with Gasteiger partial charge in [0.05, 0.1) is 0 Å². The Kier molecular flexibility index (Phi) is 4.89. The van der Waals surface area contributed by atoms with E-state index in [9.17, 15) is 18.0 Å². The lowest BCUT2D eigenvalue weighted by Gasteiger charge is -2.10. The summed E-state index contributed by atoms with van der Waals surface area (Å²) in [6.45, 7) is 1.72. The lowest BCUT2D eigenvalue weighted by atomic mass is 10.1. The summed E-state index contributed by atoms with van der Waals surface area (Å²) in [4.78, 5) is 11.6. The van der Waals surface area contributed by atoms with Crippen LogP contribution in [0.2, 0.25) is 0 Å². The monoisotopic (exact) mass is 282 g/mol. The number of carbonyl (C=O) groups is 1. The van der Waals surface area contributed by atoms with E-state index in [1.165, 1.54) is 12.1 Å². The zero-order valence-corrected chi connectivity index (χ0v) is 10.5. The zero-order valence-electron chi connectivity index (χ0n) is 8.97. The van der Waals surface area contributed by atoms with Gasteiger partial charge in [0.15, 0.2) is 5.78 Å². The highest BCUT2D eigenvalue weighted by Gasteiger charge is 2.31. The van der Waals surface area contributed by atoms with Gasteiger partial charge < -0.3 is 0 Å². The Morgan fingerprint density at radius 1 is 1.41 bits per heavy atom. The van der Waals surface area contributed by atoms with Crippen molar-refractivity contribution in [2.45, 2.75) is 23.7 Å². The van der Waals surface area contributed by atoms with Gasteiger partial charge in [0.25, 0.3) is 0 Å². The van der Waals surface area contributed by atoms with E-state index in [0.717, 1.165) is 5.56 Å². The van der Waals surface area contributed by atoms with Crippen molar-refractivity contribution in [3.8, 4) is 0 Å². The second-order valence-corrected chi connectivity index (χ2v) is 4.89. The molecule has 0 spiro atoms. The molecule has 0 radical (unpaired) electrons. The zero-order chi connectivity index (χ0) is 13.1.